The minimum absolute atomic E-state index is 0.198. The van der Waals surface area contributed by atoms with Crippen molar-refractivity contribution in [2.45, 2.75) is 56.6 Å². The monoisotopic (exact) mass is 271 g/mol. The molecule has 0 saturated carbocycles. The van der Waals surface area contributed by atoms with E-state index in [0.717, 1.165) is 0 Å². The largest absolute Gasteiger partial charge is 0.394 e. The molecule has 0 aliphatic heterocycles. The molecule has 17 heavy (non-hydrogen) atoms. The topological polar surface area (TPSA) is 113 Å². The van der Waals surface area contributed by atoms with Gasteiger partial charge in [-0.15, -0.1) is 0 Å². The molecule has 0 aromatic heterocycles. The van der Waals surface area contributed by atoms with Gasteiger partial charge in [0.25, 0.3) is 0 Å². The van der Waals surface area contributed by atoms with Gasteiger partial charge >= 0.3 is 0 Å². The zero-order valence-electron chi connectivity index (χ0n) is 10.0. The SMILES string of the molecule is CC(C)(CCC(O)C(O)C(O)C(O)CO)NCl. The third-order valence-electron chi connectivity index (χ3n) is 2.65. The van der Waals surface area contributed by atoms with E-state index in [0.29, 0.717) is 6.42 Å². The van der Waals surface area contributed by atoms with E-state index >= 15 is 0 Å². The van der Waals surface area contributed by atoms with Crippen molar-refractivity contribution in [3.05, 3.63) is 0 Å². The summed E-state index contributed by atoms with van der Waals surface area (Å²) >= 11 is 5.48. The Balaban J connectivity index is 4.18. The van der Waals surface area contributed by atoms with Crippen molar-refractivity contribution >= 4 is 11.8 Å². The van der Waals surface area contributed by atoms with Gasteiger partial charge < -0.3 is 25.5 Å². The molecule has 0 spiro atoms. The quantitative estimate of drug-likeness (QED) is 0.307. The molecule has 0 bridgehead atoms. The lowest BCUT2D eigenvalue weighted by Gasteiger charge is -2.28. The summed E-state index contributed by atoms with van der Waals surface area (Å²) in [4.78, 5) is 2.53. The molecule has 0 radical (unpaired) electrons. The summed E-state index contributed by atoms with van der Waals surface area (Å²) < 4.78 is 0. The van der Waals surface area contributed by atoms with E-state index in [2.05, 4.69) is 4.84 Å². The number of hydrogen-bond donors (Lipinski definition) is 6. The second-order valence-corrected chi connectivity index (χ2v) is 5.00. The van der Waals surface area contributed by atoms with E-state index in [-0.39, 0.29) is 6.42 Å². The highest BCUT2D eigenvalue weighted by Gasteiger charge is 2.31. The first-order chi connectivity index (χ1) is 7.75. The van der Waals surface area contributed by atoms with E-state index in [1.807, 2.05) is 13.8 Å². The summed E-state index contributed by atoms with van der Waals surface area (Å²) in [5.41, 5.74) is -0.414. The Labute approximate surface area is 106 Å². The standard InChI is InChI=1S/C10H22ClNO5/c1-10(2,12-11)4-3-6(14)8(16)9(17)7(15)5-13/h6-9,12-17H,3-5H2,1-2H3. The molecular weight excluding hydrogens is 250 g/mol. The predicted molar refractivity (Wildman–Crippen MR) is 63.4 cm³/mol. The number of hydrogen-bond acceptors (Lipinski definition) is 6. The summed E-state index contributed by atoms with van der Waals surface area (Å²) in [6.07, 6.45) is -5.10. The molecule has 0 aliphatic rings. The second kappa shape index (κ2) is 7.48. The molecule has 0 aliphatic carbocycles. The maximum atomic E-state index is 9.62. The molecule has 104 valence electrons. The summed E-state index contributed by atoms with van der Waals surface area (Å²) in [6, 6.07) is 0. The molecule has 0 aromatic carbocycles. The molecular formula is C10H22ClNO5. The summed E-state index contributed by atoms with van der Waals surface area (Å²) in [6.45, 7) is 2.95. The summed E-state index contributed by atoms with van der Waals surface area (Å²) in [7, 11) is 0. The van der Waals surface area contributed by atoms with Crippen LogP contribution in [0.2, 0.25) is 0 Å². The third-order valence-corrected chi connectivity index (χ3v) is 3.16. The highest BCUT2D eigenvalue weighted by molar-refractivity contribution is 6.13. The molecule has 0 saturated heterocycles. The van der Waals surface area contributed by atoms with Gasteiger partial charge in [0.1, 0.15) is 18.3 Å². The van der Waals surface area contributed by atoms with E-state index in [1.54, 1.807) is 0 Å². The zero-order valence-corrected chi connectivity index (χ0v) is 10.8. The zero-order chi connectivity index (χ0) is 13.6. The van der Waals surface area contributed by atoms with Crippen molar-refractivity contribution in [3.63, 3.8) is 0 Å². The van der Waals surface area contributed by atoms with Gasteiger partial charge in [0.15, 0.2) is 0 Å². The molecule has 0 amide bonds. The molecule has 0 fully saturated rings. The van der Waals surface area contributed by atoms with Crippen molar-refractivity contribution in [2.75, 3.05) is 6.61 Å². The molecule has 6 N–H and O–H groups in total. The van der Waals surface area contributed by atoms with E-state index in [1.165, 1.54) is 0 Å². The van der Waals surface area contributed by atoms with Gasteiger partial charge in [-0.05, 0) is 38.5 Å². The lowest BCUT2D eigenvalue weighted by molar-refractivity contribution is -0.117. The van der Waals surface area contributed by atoms with Crippen molar-refractivity contribution in [3.8, 4) is 0 Å². The average Bonchev–Trinajstić information content (AvgIpc) is 2.33. The smallest absolute Gasteiger partial charge is 0.110 e. The number of aliphatic hydroxyl groups excluding tert-OH is 5. The molecule has 0 heterocycles. The van der Waals surface area contributed by atoms with Gasteiger partial charge in [-0.2, -0.15) is 0 Å². The van der Waals surface area contributed by atoms with Crippen LogP contribution in [0.3, 0.4) is 0 Å². The Morgan fingerprint density at radius 2 is 1.53 bits per heavy atom. The van der Waals surface area contributed by atoms with Crippen LogP contribution < -0.4 is 4.84 Å². The summed E-state index contributed by atoms with van der Waals surface area (Å²) in [5.74, 6) is 0. The number of nitrogens with one attached hydrogen (secondary N) is 1. The number of aliphatic hydroxyl groups is 5. The van der Waals surface area contributed by atoms with Crippen LogP contribution >= 0.6 is 11.8 Å². The van der Waals surface area contributed by atoms with Crippen LogP contribution in [0, 0.1) is 0 Å². The second-order valence-electron chi connectivity index (χ2n) is 4.82. The van der Waals surface area contributed by atoms with Crippen molar-refractivity contribution in [1.82, 2.24) is 4.84 Å². The van der Waals surface area contributed by atoms with Gasteiger partial charge in [0.05, 0.1) is 12.7 Å². The maximum Gasteiger partial charge on any atom is 0.110 e. The van der Waals surface area contributed by atoms with Gasteiger partial charge in [-0.25, -0.2) is 4.84 Å². The fourth-order valence-electron chi connectivity index (χ4n) is 1.29. The average molecular weight is 272 g/mol. The fourth-order valence-corrected chi connectivity index (χ4v) is 1.38. The number of rotatable bonds is 8. The fraction of sp³-hybridized carbons (Fsp3) is 1.00. The first-order valence-corrected chi connectivity index (χ1v) is 5.84. The molecule has 4 atom stereocenters. The Morgan fingerprint density at radius 1 is 1.06 bits per heavy atom. The van der Waals surface area contributed by atoms with Gasteiger partial charge in [-0.1, -0.05) is 0 Å². The lowest BCUT2D eigenvalue weighted by Crippen LogP contribution is -2.46. The van der Waals surface area contributed by atoms with Crippen LogP contribution in [0.5, 0.6) is 0 Å². The predicted octanol–water partition coefficient (Wildman–Crippen LogP) is -1.28. The first-order valence-electron chi connectivity index (χ1n) is 5.46. The van der Waals surface area contributed by atoms with E-state index < -0.39 is 36.6 Å². The van der Waals surface area contributed by atoms with E-state index in [9.17, 15) is 15.3 Å². The Bertz CT molecular complexity index is 217. The van der Waals surface area contributed by atoms with Gasteiger partial charge in [-0.3, -0.25) is 0 Å². The molecule has 7 heteroatoms. The van der Waals surface area contributed by atoms with Crippen molar-refractivity contribution < 1.29 is 25.5 Å². The van der Waals surface area contributed by atoms with Crippen LogP contribution in [-0.2, 0) is 0 Å². The van der Waals surface area contributed by atoms with Crippen LogP contribution in [-0.4, -0.2) is 62.1 Å². The molecule has 4 unspecified atom stereocenters. The molecule has 6 nitrogen and oxygen atoms in total. The van der Waals surface area contributed by atoms with Crippen molar-refractivity contribution in [2.24, 2.45) is 0 Å². The summed E-state index contributed by atoms with van der Waals surface area (Å²) in [5, 5.41) is 46.3. The third kappa shape index (κ3) is 5.96. The minimum atomic E-state index is -1.58. The molecule has 0 rings (SSSR count). The Hall–Kier alpha value is 0.0500. The van der Waals surface area contributed by atoms with E-state index in [4.69, 9.17) is 22.0 Å². The lowest BCUT2D eigenvalue weighted by atomic mass is 9.93. The molecule has 0 aromatic rings. The maximum absolute atomic E-state index is 9.62. The normalized spacial score (nSPS) is 19.8. The van der Waals surface area contributed by atoms with Crippen LogP contribution in [0.4, 0.5) is 0 Å². The van der Waals surface area contributed by atoms with Crippen LogP contribution in [0.25, 0.3) is 0 Å². The van der Waals surface area contributed by atoms with Crippen LogP contribution in [0.1, 0.15) is 26.7 Å². The Morgan fingerprint density at radius 3 is 1.94 bits per heavy atom. The van der Waals surface area contributed by atoms with Crippen molar-refractivity contribution in [1.29, 1.82) is 0 Å². The Kier molecular flexibility index (Phi) is 7.50. The minimum Gasteiger partial charge on any atom is -0.394 e. The highest BCUT2D eigenvalue weighted by atomic mass is 35.5. The van der Waals surface area contributed by atoms with Crippen LogP contribution in [0.15, 0.2) is 0 Å². The number of halogens is 1. The first kappa shape index (κ1) is 17.1. The van der Waals surface area contributed by atoms with Gasteiger partial charge in [0, 0.05) is 5.54 Å². The highest BCUT2D eigenvalue weighted by Crippen LogP contribution is 2.17. The van der Waals surface area contributed by atoms with Gasteiger partial charge in [0.2, 0.25) is 0 Å².